The maximum Gasteiger partial charge on any atom is 0.425 e. The largest absolute Gasteiger partial charge is 0.425 e. The summed E-state index contributed by atoms with van der Waals surface area (Å²) in [6.07, 6.45) is -2.33. The lowest BCUT2D eigenvalue weighted by molar-refractivity contribution is -0.250. The van der Waals surface area contributed by atoms with Crippen molar-refractivity contribution in [2.75, 3.05) is 0 Å². The van der Waals surface area contributed by atoms with Crippen molar-refractivity contribution in [2.45, 2.75) is 24.6 Å². The minimum Gasteiger partial charge on any atom is -0.372 e. The molecule has 1 aliphatic rings. The van der Waals surface area contributed by atoms with E-state index in [0.717, 1.165) is 6.07 Å². The lowest BCUT2D eigenvalue weighted by atomic mass is 9.78. The van der Waals surface area contributed by atoms with Gasteiger partial charge in [-0.3, -0.25) is 4.79 Å². The molecule has 9 heteroatoms. The number of aliphatic hydroxyl groups is 1. The summed E-state index contributed by atoms with van der Waals surface area (Å²) in [6.45, 7) is 0. The van der Waals surface area contributed by atoms with Crippen LogP contribution in [0.2, 0.25) is 0 Å². The first-order valence-electron chi connectivity index (χ1n) is 10.5. The third-order valence-electron chi connectivity index (χ3n) is 6.35. The van der Waals surface area contributed by atoms with E-state index in [9.17, 15) is 27.5 Å². The molecule has 5 rings (SSSR count). The van der Waals surface area contributed by atoms with E-state index in [2.05, 4.69) is 5.10 Å². The summed E-state index contributed by atoms with van der Waals surface area (Å²) in [7, 11) is 1.47. The second-order valence-corrected chi connectivity index (χ2v) is 8.28. The van der Waals surface area contributed by atoms with E-state index < -0.39 is 28.7 Å². The van der Waals surface area contributed by atoms with Crippen LogP contribution < -0.4 is 5.56 Å². The predicted octanol–water partition coefficient (Wildman–Crippen LogP) is 4.64. The summed E-state index contributed by atoms with van der Waals surface area (Å²) in [5.74, 6) is -0.413. The second kappa shape index (κ2) is 7.66. The molecule has 1 unspecified atom stereocenters. The molecule has 5 nitrogen and oxygen atoms in total. The molecule has 1 aliphatic carbocycles. The molecule has 1 atom stereocenters. The maximum absolute atomic E-state index is 14.6. The molecular weight excluding hydrogens is 450 g/mol. The van der Waals surface area contributed by atoms with Crippen molar-refractivity contribution >= 4 is 17.0 Å². The van der Waals surface area contributed by atoms with Crippen LogP contribution in [0.25, 0.3) is 22.7 Å². The van der Waals surface area contributed by atoms with Gasteiger partial charge in [0.05, 0.1) is 23.1 Å². The van der Waals surface area contributed by atoms with Gasteiger partial charge in [0.25, 0.3) is 5.56 Å². The zero-order valence-corrected chi connectivity index (χ0v) is 18.0. The molecule has 0 amide bonds. The molecule has 0 bridgehead atoms. The van der Waals surface area contributed by atoms with E-state index in [0.29, 0.717) is 16.9 Å². The number of alkyl halides is 3. The first kappa shape index (κ1) is 22.1. The lowest BCUT2D eigenvalue weighted by Gasteiger charge is -2.35. The quantitative estimate of drug-likeness (QED) is 0.445. The van der Waals surface area contributed by atoms with Crippen molar-refractivity contribution in [3.8, 4) is 5.69 Å². The number of nitrogens with zero attached hydrogens (tertiary/aromatic N) is 3. The van der Waals surface area contributed by atoms with Gasteiger partial charge in [0, 0.05) is 29.6 Å². The normalized spacial score (nSPS) is 15.6. The summed E-state index contributed by atoms with van der Waals surface area (Å²) >= 11 is 0. The Morgan fingerprint density at radius 2 is 1.74 bits per heavy atom. The van der Waals surface area contributed by atoms with Gasteiger partial charge in [0.1, 0.15) is 5.82 Å². The summed E-state index contributed by atoms with van der Waals surface area (Å²) in [5, 5.41) is 15.7. The molecule has 2 heterocycles. The van der Waals surface area contributed by atoms with Crippen LogP contribution in [0.3, 0.4) is 0 Å². The van der Waals surface area contributed by atoms with Crippen molar-refractivity contribution in [2.24, 2.45) is 7.05 Å². The van der Waals surface area contributed by atoms with Crippen LogP contribution in [0.15, 0.2) is 71.2 Å². The Morgan fingerprint density at radius 1 is 1.03 bits per heavy atom. The van der Waals surface area contributed by atoms with Gasteiger partial charge >= 0.3 is 6.18 Å². The number of aromatic nitrogens is 3. The monoisotopic (exact) mass is 469 g/mol. The molecule has 0 radical (unpaired) electrons. The molecule has 174 valence electrons. The summed E-state index contributed by atoms with van der Waals surface area (Å²) in [5.41, 5.74) is -2.87. The van der Waals surface area contributed by atoms with Gasteiger partial charge in [0.15, 0.2) is 0 Å². The van der Waals surface area contributed by atoms with Gasteiger partial charge in [-0.1, -0.05) is 18.2 Å². The molecule has 34 heavy (non-hydrogen) atoms. The van der Waals surface area contributed by atoms with E-state index in [1.165, 1.54) is 60.3 Å². The molecule has 1 N–H and O–H groups in total. The molecule has 2 aromatic carbocycles. The van der Waals surface area contributed by atoms with Crippen LogP contribution >= 0.6 is 0 Å². The maximum atomic E-state index is 14.6. The van der Waals surface area contributed by atoms with E-state index in [-0.39, 0.29) is 29.3 Å². The van der Waals surface area contributed by atoms with E-state index in [1.54, 1.807) is 16.8 Å². The minimum atomic E-state index is -5.08. The summed E-state index contributed by atoms with van der Waals surface area (Å²) < 4.78 is 59.8. The van der Waals surface area contributed by atoms with Crippen molar-refractivity contribution in [1.82, 2.24) is 14.3 Å². The Balaban J connectivity index is 1.70. The highest BCUT2D eigenvalue weighted by Gasteiger charge is 2.58. The number of fused-ring (bicyclic) bond motifs is 2. The number of hydrogen-bond donors (Lipinski definition) is 1. The molecule has 0 aliphatic heterocycles. The number of rotatable bonds is 3. The lowest BCUT2D eigenvalue weighted by Crippen LogP contribution is -2.45. The number of hydrogen-bond acceptors (Lipinski definition) is 3. The molecule has 0 saturated carbocycles. The van der Waals surface area contributed by atoms with Crippen LogP contribution in [0.1, 0.15) is 23.2 Å². The van der Waals surface area contributed by atoms with E-state index in [4.69, 9.17) is 0 Å². The highest BCUT2D eigenvalue weighted by atomic mass is 19.4. The number of pyridine rings is 1. The van der Waals surface area contributed by atoms with Gasteiger partial charge in [0.2, 0.25) is 5.60 Å². The highest BCUT2D eigenvalue weighted by Crippen LogP contribution is 2.49. The standard InChI is InChI=1S/C25H19F4N3O2/c1-31-22-5-3-2-4-19(22)20(13-23(31)33)24(34,25(27,28)29)16-6-11-21-15(12-16)14-30-32(21)18-9-7-17(26)8-10-18/h2-5,7-10,12-14,34H,6,11H2,1H3. The number of aryl methyl sites for hydroxylation is 1. The van der Waals surface area contributed by atoms with Crippen molar-refractivity contribution in [3.05, 3.63) is 99.4 Å². The van der Waals surface area contributed by atoms with Gasteiger partial charge < -0.3 is 9.67 Å². The van der Waals surface area contributed by atoms with Crippen LogP contribution in [-0.2, 0) is 19.1 Å². The fourth-order valence-electron chi connectivity index (χ4n) is 4.58. The first-order valence-corrected chi connectivity index (χ1v) is 10.5. The number of para-hydroxylation sites is 1. The zero-order valence-electron chi connectivity index (χ0n) is 18.0. The van der Waals surface area contributed by atoms with Crippen LogP contribution in [-0.4, -0.2) is 25.6 Å². The average Bonchev–Trinajstić information content (AvgIpc) is 3.24. The van der Waals surface area contributed by atoms with E-state index in [1.807, 2.05) is 0 Å². The smallest absolute Gasteiger partial charge is 0.372 e. The average molecular weight is 469 g/mol. The minimum absolute atomic E-state index is 0.112. The number of halogens is 4. The van der Waals surface area contributed by atoms with Crippen molar-refractivity contribution < 1.29 is 22.7 Å². The first-order chi connectivity index (χ1) is 16.1. The molecule has 0 saturated heterocycles. The topological polar surface area (TPSA) is 60.1 Å². The Hall–Kier alpha value is -3.72. The molecule has 0 fully saturated rings. The fraction of sp³-hybridized carbons (Fsp3) is 0.200. The van der Waals surface area contributed by atoms with E-state index >= 15 is 0 Å². The van der Waals surface area contributed by atoms with Crippen molar-refractivity contribution in [3.63, 3.8) is 0 Å². The molecule has 4 aromatic rings. The number of benzene rings is 2. The highest BCUT2D eigenvalue weighted by molar-refractivity contribution is 5.84. The summed E-state index contributed by atoms with van der Waals surface area (Å²) in [6, 6.07) is 12.6. The third-order valence-corrected chi connectivity index (χ3v) is 6.35. The van der Waals surface area contributed by atoms with Crippen molar-refractivity contribution in [1.29, 1.82) is 0 Å². The van der Waals surface area contributed by atoms with Gasteiger partial charge in [-0.15, -0.1) is 0 Å². The van der Waals surface area contributed by atoms with Gasteiger partial charge in [-0.25, -0.2) is 9.07 Å². The zero-order chi connectivity index (χ0) is 24.3. The molecular formula is C25H19F4N3O2. The van der Waals surface area contributed by atoms with Crippen LogP contribution in [0, 0.1) is 5.82 Å². The summed E-state index contributed by atoms with van der Waals surface area (Å²) in [4.78, 5) is 12.5. The Labute approximate surface area is 191 Å². The van der Waals surface area contributed by atoms with Crippen LogP contribution in [0.4, 0.5) is 17.6 Å². The third kappa shape index (κ3) is 3.27. The SMILES string of the molecule is Cn1c(=O)cc(C(O)(C2=Cc3cnn(-c4ccc(F)cc4)c3CC2)C(F)(F)F)c2ccccc21. The predicted molar refractivity (Wildman–Crippen MR) is 119 cm³/mol. The molecule has 0 spiro atoms. The Bertz CT molecular complexity index is 1500. The Morgan fingerprint density at radius 3 is 2.44 bits per heavy atom. The second-order valence-electron chi connectivity index (χ2n) is 8.28. The Kier molecular flexibility index (Phi) is 4.98. The fourth-order valence-corrected chi connectivity index (χ4v) is 4.58. The molecule has 2 aromatic heterocycles. The van der Waals surface area contributed by atoms with Crippen LogP contribution in [0.5, 0.6) is 0 Å². The van der Waals surface area contributed by atoms with Gasteiger partial charge in [-0.05, 0) is 54.8 Å². The van der Waals surface area contributed by atoms with Gasteiger partial charge in [-0.2, -0.15) is 18.3 Å².